The second-order valence-corrected chi connectivity index (χ2v) is 8.42. The molecule has 2 aliphatic heterocycles. The standard InChI is InChI=1S/C23H22N6OS/c1-2-3-13-31-23-26-22(30)20-16-11-7-8-12-18(16)25-21(29(20)28-23)17-14-24-27-19(17)15-9-5-4-6-10-15/h4-12,14,21H,2-3,13H2,1H3,(H,24,27)(H,26,28,30). The Bertz CT molecular complexity index is 1270. The number of amides is 1. The molecule has 1 amide bonds. The van der Waals surface area contributed by atoms with Crippen LogP contribution in [-0.2, 0) is 4.79 Å². The van der Waals surface area contributed by atoms with Crippen LogP contribution < -0.4 is 15.9 Å². The number of benzene rings is 2. The number of hydrogen-bond donors (Lipinski definition) is 2. The molecular formula is C23H22N6OS. The van der Waals surface area contributed by atoms with Gasteiger partial charge in [-0.2, -0.15) is 5.10 Å². The van der Waals surface area contributed by atoms with E-state index in [1.54, 1.807) is 23.0 Å². The van der Waals surface area contributed by atoms with Gasteiger partial charge in [0.1, 0.15) is 5.70 Å². The maximum Gasteiger partial charge on any atom is 0.276 e. The Morgan fingerprint density at radius 3 is 2.74 bits per heavy atom. The van der Waals surface area contributed by atoms with Crippen molar-refractivity contribution in [2.45, 2.75) is 25.9 Å². The van der Waals surface area contributed by atoms with E-state index in [0.29, 0.717) is 10.9 Å². The lowest BCUT2D eigenvalue weighted by Gasteiger charge is -2.33. The third-order valence-corrected chi connectivity index (χ3v) is 6.21. The van der Waals surface area contributed by atoms with E-state index in [1.165, 1.54) is 0 Å². The number of carbonyl (C=O) groups is 1. The lowest BCUT2D eigenvalue weighted by molar-refractivity contribution is -0.116. The summed E-state index contributed by atoms with van der Waals surface area (Å²) in [4.78, 5) is 18.1. The Balaban J connectivity index is 1.65. The summed E-state index contributed by atoms with van der Waals surface area (Å²) in [5.41, 5.74) is 3.26. The first kappa shape index (κ1) is 19.6. The second-order valence-electron chi connectivity index (χ2n) is 7.34. The van der Waals surface area contributed by atoms with E-state index in [0.717, 1.165) is 46.0 Å². The molecule has 0 radical (unpaired) electrons. The first-order valence-corrected chi connectivity index (χ1v) is 11.3. The molecule has 0 bridgehead atoms. The van der Waals surface area contributed by atoms with Crippen molar-refractivity contribution in [3.8, 4) is 11.3 Å². The smallest absolute Gasteiger partial charge is 0.276 e. The molecule has 7 nitrogen and oxygen atoms in total. The molecule has 0 saturated heterocycles. The number of nitrogens with one attached hydrogen (secondary N) is 2. The average molecular weight is 431 g/mol. The van der Waals surface area contributed by atoms with Gasteiger partial charge in [-0.3, -0.25) is 20.2 Å². The molecule has 31 heavy (non-hydrogen) atoms. The Hall–Kier alpha value is -3.39. The minimum Gasteiger partial charge on any atom is -0.298 e. The SMILES string of the molecule is CCCCSC1=NN2C(=c3ccccc3=NC2c2cn[nH]c2-c2ccccc2)C(=O)N1. The van der Waals surface area contributed by atoms with Crippen molar-refractivity contribution in [2.24, 2.45) is 10.1 Å². The van der Waals surface area contributed by atoms with Crippen LogP contribution in [0.3, 0.4) is 0 Å². The number of carbonyl (C=O) groups excluding carboxylic acids is 1. The third-order valence-electron chi connectivity index (χ3n) is 5.26. The van der Waals surface area contributed by atoms with Crippen LogP contribution in [0.15, 0.2) is 70.9 Å². The minimum absolute atomic E-state index is 0.161. The Labute approximate surface area is 184 Å². The van der Waals surface area contributed by atoms with Gasteiger partial charge in [-0.25, -0.2) is 5.01 Å². The Morgan fingerprint density at radius 2 is 1.90 bits per heavy atom. The summed E-state index contributed by atoms with van der Waals surface area (Å²) >= 11 is 1.56. The highest BCUT2D eigenvalue weighted by molar-refractivity contribution is 8.13. The van der Waals surface area contributed by atoms with Gasteiger partial charge in [-0.1, -0.05) is 73.6 Å². The summed E-state index contributed by atoms with van der Waals surface area (Å²) in [5.74, 6) is 0.740. The van der Waals surface area contributed by atoms with Gasteiger partial charge in [0.25, 0.3) is 5.91 Å². The normalized spacial score (nSPS) is 17.4. The predicted molar refractivity (Wildman–Crippen MR) is 122 cm³/mol. The van der Waals surface area contributed by atoms with Gasteiger partial charge in [0, 0.05) is 16.5 Å². The summed E-state index contributed by atoms with van der Waals surface area (Å²) in [6.07, 6.45) is 3.43. The summed E-state index contributed by atoms with van der Waals surface area (Å²) in [5, 5.41) is 19.1. The minimum atomic E-state index is -0.494. The fourth-order valence-electron chi connectivity index (χ4n) is 3.74. The van der Waals surface area contributed by atoms with E-state index < -0.39 is 6.17 Å². The van der Waals surface area contributed by atoms with Crippen LogP contribution in [0.1, 0.15) is 31.5 Å². The summed E-state index contributed by atoms with van der Waals surface area (Å²) in [6.45, 7) is 2.15. The van der Waals surface area contributed by atoms with Crippen LogP contribution in [0.5, 0.6) is 0 Å². The lowest BCUT2D eigenvalue weighted by atomic mass is 10.0. The number of para-hydroxylation sites is 1. The number of nitrogens with zero attached hydrogens (tertiary/aromatic N) is 4. The van der Waals surface area contributed by atoms with E-state index in [4.69, 9.17) is 10.1 Å². The number of H-pyrrole nitrogens is 1. The lowest BCUT2D eigenvalue weighted by Crippen LogP contribution is -2.50. The molecule has 2 aliphatic rings. The van der Waals surface area contributed by atoms with Gasteiger partial charge in [0.2, 0.25) is 0 Å². The zero-order valence-corrected chi connectivity index (χ0v) is 17.9. The van der Waals surface area contributed by atoms with Gasteiger partial charge >= 0.3 is 0 Å². The quantitative estimate of drug-likeness (QED) is 0.610. The molecule has 0 spiro atoms. The van der Waals surface area contributed by atoms with Crippen LogP contribution in [-0.4, -0.2) is 32.0 Å². The van der Waals surface area contributed by atoms with Crippen molar-refractivity contribution in [3.63, 3.8) is 0 Å². The number of hydrogen-bond acceptors (Lipinski definition) is 6. The first-order valence-electron chi connectivity index (χ1n) is 10.3. The van der Waals surface area contributed by atoms with Crippen LogP contribution >= 0.6 is 11.8 Å². The third kappa shape index (κ3) is 3.63. The summed E-state index contributed by atoms with van der Waals surface area (Å²) < 4.78 is 0. The highest BCUT2D eigenvalue weighted by Crippen LogP contribution is 2.35. The zero-order valence-electron chi connectivity index (χ0n) is 17.1. The number of hydrazone groups is 1. The van der Waals surface area contributed by atoms with E-state index >= 15 is 0 Å². The highest BCUT2D eigenvalue weighted by atomic mass is 32.2. The molecule has 3 heterocycles. The molecular weight excluding hydrogens is 408 g/mol. The van der Waals surface area contributed by atoms with Gasteiger partial charge in [0.05, 0.1) is 17.2 Å². The molecule has 5 rings (SSSR count). The maximum atomic E-state index is 13.2. The molecule has 0 fully saturated rings. The molecule has 1 unspecified atom stereocenters. The van der Waals surface area contributed by atoms with Crippen LogP contribution in [0, 0.1) is 0 Å². The largest absolute Gasteiger partial charge is 0.298 e. The number of thioether (sulfide) groups is 1. The van der Waals surface area contributed by atoms with E-state index in [2.05, 4.69) is 22.4 Å². The van der Waals surface area contributed by atoms with E-state index in [9.17, 15) is 4.79 Å². The van der Waals surface area contributed by atoms with Crippen LogP contribution in [0.2, 0.25) is 0 Å². The number of aromatic amines is 1. The molecule has 1 aromatic heterocycles. The van der Waals surface area contributed by atoms with Crippen molar-refractivity contribution >= 4 is 28.5 Å². The number of rotatable bonds is 5. The number of unbranched alkanes of at least 4 members (excludes halogenated alkanes) is 1. The molecule has 156 valence electrons. The molecule has 1 atom stereocenters. The van der Waals surface area contributed by atoms with Crippen molar-refractivity contribution in [2.75, 3.05) is 5.75 Å². The van der Waals surface area contributed by atoms with E-state index in [1.807, 2.05) is 54.6 Å². The van der Waals surface area contributed by atoms with Gasteiger partial charge in [-0.15, -0.1) is 5.10 Å². The predicted octanol–water partition coefficient (Wildman–Crippen LogP) is 2.75. The van der Waals surface area contributed by atoms with Crippen molar-refractivity contribution in [3.05, 3.63) is 76.9 Å². The molecule has 8 heteroatoms. The van der Waals surface area contributed by atoms with Crippen molar-refractivity contribution < 1.29 is 4.79 Å². The van der Waals surface area contributed by atoms with Crippen molar-refractivity contribution in [1.29, 1.82) is 0 Å². The fourth-order valence-corrected chi connectivity index (χ4v) is 4.67. The van der Waals surface area contributed by atoms with Gasteiger partial charge in [0.15, 0.2) is 11.3 Å². The second kappa shape index (κ2) is 8.39. The highest BCUT2D eigenvalue weighted by Gasteiger charge is 2.36. The average Bonchev–Trinajstić information content (AvgIpc) is 3.29. The molecule has 0 aliphatic carbocycles. The Morgan fingerprint density at radius 1 is 1.10 bits per heavy atom. The molecule has 2 N–H and O–H groups in total. The zero-order chi connectivity index (χ0) is 21.2. The van der Waals surface area contributed by atoms with E-state index in [-0.39, 0.29) is 5.91 Å². The number of fused-ring (bicyclic) bond motifs is 2. The first-order chi connectivity index (χ1) is 15.3. The Kier molecular flexibility index (Phi) is 5.30. The van der Waals surface area contributed by atoms with Crippen molar-refractivity contribution in [1.82, 2.24) is 20.5 Å². The van der Waals surface area contributed by atoms with Gasteiger partial charge < -0.3 is 0 Å². The topological polar surface area (TPSA) is 85.7 Å². The molecule has 3 aromatic rings. The molecule has 2 aromatic carbocycles. The summed E-state index contributed by atoms with van der Waals surface area (Å²) in [6, 6.07) is 17.7. The fraction of sp³-hybridized carbons (Fsp3) is 0.217. The van der Waals surface area contributed by atoms with Crippen LogP contribution in [0.25, 0.3) is 17.0 Å². The summed E-state index contributed by atoms with van der Waals surface area (Å²) in [7, 11) is 0. The van der Waals surface area contributed by atoms with Gasteiger partial charge in [-0.05, 0) is 18.1 Å². The maximum absolute atomic E-state index is 13.2. The number of amidine groups is 1. The molecule has 0 saturated carbocycles. The monoisotopic (exact) mass is 430 g/mol. The number of aromatic nitrogens is 2. The van der Waals surface area contributed by atoms with Crippen LogP contribution in [0.4, 0.5) is 0 Å².